The minimum atomic E-state index is -3.69. The predicted octanol–water partition coefficient (Wildman–Crippen LogP) is 0.783. The van der Waals surface area contributed by atoms with Crippen LogP contribution in [0.5, 0.6) is 0 Å². The maximum Gasteiger partial charge on any atom is 0.371 e. The molecule has 0 amide bonds. The van der Waals surface area contributed by atoms with E-state index >= 15 is 0 Å². The third kappa shape index (κ3) is 2.40. The molecular formula is C3H5ClF2O2. The molecule has 0 bridgehead atoms. The molecule has 1 atom stereocenters. The summed E-state index contributed by atoms with van der Waals surface area (Å²) in [6, 6.07) is 0. The molecule has 0 saturated heterocycles. The van der Waals surface area contributed by atoms with Crippen molar-refractivity contribution in [3.8, 4) is 0 Å². The monoisotopic (exact) mass is 146 g/mol. The van der Waals surface area contributed by atoms with Gasteiger partial charge in [0.05, 0.1) is 0 Å². The summed E-state index contributed by atoms with van der Waals surface area (Å²) in [5, 5.41) is 4.40. The first-order valence-electron chi connectivity index (χ1n) is 1.76. The highest BCUT2D eigenvalue weighted by molar-refractivity contribution is 6.21. The van der Waals surface area contributed by atoms with Crippen LogP contribution in [-0.4, -0.2) is 23.9 Å². The number of halogens is 3. The second-order valence-corrected chi connectivity index (χ2v) is 1.63. The van der Waals surface area contributed by atoms with Crippen LogP contribution in [0.3, 0.4) is 0 Å². The first kappa shape index (κ1) is 8.07. The summed E-state index contributed by atoms with van der Waals surface area (Å²) >= 11 is 4.28. The number of aliphatic hydroxyl groups is 1. The van der Waals surface area contributed by atoms with Crippen LogP contribution in [0.2, 0.25) is 0 Å². The second-order valence-electron chi connectivity index (χ2n) is 1.13. The normalized spacial score (nSPS) is 16.1. The van der Waals surface area contributed by atoms with Crippen LogP contribution in [0.25, 0.3) is 0 Å². The van der Waals surface area contributed by atoms with Crippen LogP contribution < -0.4 is 0 Å². The minimum absolute atomic E-state index is 0.932. The molecule has 1 unspecified atom stereocenters. The number of rotatable bonds is 2. The standard InChI is InChI=1S/C3H5ClF2O2/c1-8-2(7)3(4,5)6/h2,7H,1H3. The lowest BCUT2D eigenvalue weighted by Crippen LogP contribution is -2.28. The molecule has 50 valence electrons. The number of ether oxygens (including phenoxy) is 1. The van der Waals surface area contributed by atoms with Crippen molar-refractivity contribution in [2.24, 2.45) is 0 Å². The summed E-state index contributed by atoms with van der Waals surface area (Å²) in [4.78, 5) is 0. The second kappa shape index (κ2) is 2.57. The zero-order valence-corrected chi connectivity index (χ0v) is 4.82. The van der Waals surface area contributed by atoms with Crippen molar-refractivity contribution < 1.29 is 18.6 Å². The molecule has 0 spiro atoms. The molecular weight excluding hydrogens is 141 g/mol. The third-order valence-electron chi connectivity index (χ3n) is 0.503. The van der Waals surface area contributed by atoms with Gasteiger partial charge in [0.2, 0.25) is 6.29 Å². The van der Waals surface area contributed by atoms with Gasteiger partial charge in [-0.15, -0.1) is 0 Å². The van der Waals surface area contributed by atoms with E-state index in [1.165, 1.54) is 0 Å². The molecule has 0 aromatic carbocycles. The van der Waals surface area contributed by atoms with Gasteiger partial charge < -0.3 is 9.84 Å². The van der Waals surface area contributed by atoms with Gasteiger partial charge in [0.25, 0.3) is 0 Å². The molecule has 0 rings (SSSR count). The van der Waals surface area contributed by atoms with Crippen molar-refractivity contribution in [1.82, 2.24) is 0 Å². The molecule has 0 aromatic heterocycles. The highest BCUT2D eigenvalue weighted by Gasteiger charge is 2.35. The van der Waals surface area contributed by atoms with Gasteiger partial charge in [0, 0.05) is 7.11 Å². The Kier molecular flexibility index (Phi) is 2.59. The number of alkyl halides is 3. The van der Waals surface area contributed by atoms with Crippen molar-refractivity contribution >= 4 is 11.6 Å². The number of hydrogen-bond donors (Lipinski definition) is 1. The van der Waals surface area contributed by atoms with Crippen LogP contribution >= 0.6 is 11.6 Å². The SMILES string of the molecule is COC(O)C(F)(F)Cl. The Labute approximate surface area is 50.0 Å². The van der Waals surface area contributed by atoms with Crippen LogP contribution in [0.4, 0.5) is 8.78 Å². The van der Waals surface area contributed by atoms with Gasteiger partial charge in [0.1, 0.15) is 0 Å². The highest BCUT2D eigenvalue weighted by atomic mass is 35.5. The Morgan fingerprint density at radius 1 is 1.75 bits per heavy atom. The Morgan fingerprint density at radius 2 is 2.12 bits per heavy atom. The molecule has 8 heavy (non-hydrogen) atoms. The molecule has 0 aliphatic carbocycles. The molecule has 2 nitrogen and oxygen atoms in total. The van der Waals surface area contributed by atoms with Crippen LogP contribution in [0.15, 0.2) is 0 Å². The first-order valence-corrected chi connectivity index (χ1v) is 2.14. The minimum Gasteiger partial charge on any atom is -0.362 e. The predicted molar refractivity (Wildman–Crippen MR) is 23.8 cm³/mol. The largest absolute Gasteiger partial charge is 0.371 e. The molecule has 0 aliphatic rings. The Bertz CT molecular complexity index is 72.2. The van der Waals surface area contributed by atoms with Crippen molar-refractivity contribution in [2.75, 3.05) is 7.11 Å². The Hall–Kier alpha value is 0.0700. The Morgan fingerprint density at radius 3 is 2.12 bits per heavy atom. The average Bonchev–Trinajstić information content (AvgIpc) is 1.62. The lowest BCUT2D eigenvalue weighted by atomic mass is 10.7. The van der Waals surface area contributed by atoms with Gasteiger partial charge >= 0.3 is 5.38 Å². The smallest absolute Gasteiger partial charge is 0.362 e. The quantitative estimate of drug-likeness (QED) is 0.461. The van der Waals surface area contributed by atoms with E-state index in [0.717, 1.165) is 7.11 Å². The molecule has 0 heterocycles. The van der Waals surface area contributed by atoms with Gasteiger partial charge in [-0.05, 0) is 11.6 Å². The van der Waals surface area contributed by atoms with E-state index < -0.39 is 11.7 Å². The summed E-state index contributed by atoms with van der Waals surface area (Å²) in [6.45, 7) is 0. The van der Waals surface area contributed by atoms with Gasteiger partial charge in [-0.1, -0.05) is 0 Å². The molecule has 5 heteroatoms. The average molecular weight is 147 g/mol. The van der Waals surface area contributed by atoms with Crippen LogP contribution in [-0.2, 0) is 4.74 Å². The third-order valence-corrected chi connectivity index (χ3v) is 0.690. The maximum absolute atomic E-state index is 11.5. The fraction of sp³-hybridized carbons (Fsp3) is 1.00. The van der Waals surface area contributed by atoms with E-state index in [1.54, 1.807) is 0 Å². The first-order chi connectivity index (χ1) is 3.48. The van der Waals surface area contributed by atoms with E-state index in [0.29, 0.717) is 0 Å². The van der Waals surface area contributed by atoms with E-state index in [-0.39, 0.29) is 0 Å². The number of hydrogen-bond acceptors (Lipinski definition) is 2. The number of methoxy groups -OCH3 is 1. The van der Waals surface area contributed by atoms with Crippen molar-refractivity contribution in [2.45, 2.75) is 11.7 Å². The zero-order chi connectivity index (χ0) is 6.78. The fourth-order valence-corrected chi connectivity index (χ4v) is 0.223. The van der Waals surface area contributed by atoms with Gasteiger partial charge in [-0.3, -0.25) is 0 Å². The van der Waals surface area contributed by atoms with Crippen LogP contribution in [0, 0.1) is 0 Å². The topological polar surface area (TPSA) is 29.5 Å². The molecule has 1 N–H and O–H groups in total. The molecule has 0 aliphatic heterocycles. The van der Waals surface area contributed by atoms with E-state index in [1.807, 2.05) is 0 Å². The molecule has 0 fully saturated rings. The van der Waals surface area contributed by atoms with Crippen molar-refractivity contribution in [1.29, 1.82) is 0 Å². The summed E-state index contributed by atoms with van der Waals surface area (Å²) in [7, 11) is 0.932. The zero-order valence-electron chi connectivity index (χ0n) is 4.07. The lowest BCUT2D eigenvalue weighted by Gasteiger charge is -2.12. The molecule has 0 saturated carbocycles. The van der Waals surface area contributed by atoms with E-state index in [2.05, 4.69) is 16.3 Å². The van der Waals surface area contributed by atoms with E-state index in [4.69, 9.17) is 5.11 Å². The summed E-state index contributed by atoms with van der Waals surface area (Å²) in [6.07, 6.45) is -2.22. The lowest BCUT2D eigenvalue weighted by molar-refractivity contribution is -0.180. The van der Waals surface area contributed by atoms with Crippen molar-refractivity contribution in [3.05, 3.63) is 0 Å². The molecule has 0 aromatic rings. The summed E-state index contributed by atoms with van der Waals surface area (Å²) in [5.41, 5.74) is 0. The van der Waals surface area contributed by atoms with Gasteiger partial charge in [0.15, 0.2) is 0 Å². The van der Waals surface area contributed by atoms with Crippen LogP contribution in [0.1, 0.15) is 0 Å². The summed E-state index contributed by atoms with van der Waals surface area (Å²) < 4.78 is 26.8. The maximum atomic E-state index is 11.5. The fourth-order valence-electron chi connectivity index (χ4n) is 0.134. The summed E-state index contributed by atoms with van der Waals surface area (Å²) in [5.74, 6) is 0. The Balaban J connectivity index is 3.62. The van der Waals surface area contributed by atoms with E-state index in [9.17, 15) is 8.78 Å². The van der Waals surface area contributed by atoms with Crippen molar-refractivity contribution in [3.63, 3.8) is 0 Å². The van der Waals surface area contributed by atoms with Gasteiger partial charge in [-0.2, -0.15) is 8.78 Å². The van der Waals surface area contributed by atoms with Gasteiger partial charge in [-0.25, -0.2) is 0 Å². The number of aliphatic hydroxyl groups excluding tert-OH is 1. The molecule has 0 radical (unpaired) electrons. The highest BCUT2D eigenvalue weighted by Crippen LogP contribution is 2.23.